The van der Waals surface area contributed by atoms with Crippen LogP contribution in [0.1, 0.15) is 18.4 Å². The summed E-state index contributed by atoms with van der Waals surface area (Å²) in [6.07, 6.45) is -0.588. The lowest BCUT2D eigenvalue weighted by molar-refractivity contribution is -0.137. The van der Waals surface area contributed by atoms with E-state index in [2.05, 4.69) is 25.9 Å². The van der Waals surface area contributed by atoms with Crippen LogP contribution in [0.25, 0.3) is 0 Å². The average molecular weight is 510 g/mol. The Morgan fingerprint density at radius 3 is 2.43 bits per heavy atom. The first kappa shape index (κ1) is 24.2. The number of urea groups is 1. The molecule has 0 bridgehead atoms. The van der Waals surface area contributed by atoms with Crippen LogP contribution in [0.3, 0.4) is 0 Å². The lowest BCUT2D eigenvalue weighted by Crippen LogP contribution is -2.20. The third-order valence-corrected chi connectivity index (χ3v) is 5.07. The van der Waals surface area contributed by atoms with Gasteiger partial charge in [0.15, 0.2) is 5.82 Å². The van der Waals surface area contributed by atoms with Gasteiger partial charge in [-0.1, -0.05) is 11.6 Å². The number of rotatable bonds is 6. The molecule has 0 unspecified atom stereocenters. The maximum Gasteiger partial charge on any atom is 0.417 e. The molecule has 182 valence electrons. The van der Waals surface area contributed by atoms with Crippen molar-refractivity contribution in [3.63, 3.8) is 0 Å². The van der Waals surface area contributed by atoms with E-state index in [4.69, 9.17) is 16.3 Å². The van der Waals surface area contributed by atoms with Gasteiger partial charge in [0.2, 0.25) is 5.91 Å². The van der Waals surface area contributed by atoms with Crippen molar-refractivity contribution in [3.8, 4) is 11.6 Å². The van der Waals surface area contributed by atoms with Gasteiger partial charge < -0.3 is 20.7 Å². The van der Waals surface area contributed by atoms with Crippen molar-refractivity contribution < 1.29 is 31.9 Å². The highest BCUT2D eigenvalue weighted by Crippen LogP contribution is 2.36. The summed E-state index contributed by atoms with van der Waals surface area (Å²) < 4.78 is 58.8. The van der Waals surface area contributed by atoms with E-state index in [1.165, 1.54) is 24.4 Å². The maximum absolute atomic E-state index is 14.5. The van der Waals surface area contributed by atoms with Crippen molar-refractivity contribution in [1.82, 2.24) is 9.97 Å². The molecule has 8 nitrogen and oxygen atoms in total. The molecule has 0 atom stereocenters. The molecule has 1 aliphatic carbocycles. The van der Waals surface area contributed by atoms with Crippen LogP contribution >= 0.6 is 11.6 Å². The van der Waals surface area contributed by atoms with E-state index in [1.54, 1.807) is 0 Å². The fourth-order valence-electron chi connectivity index (χ4n) is 2.91. The van der Waals surface area contributed by atoms with Gasteiger partial charge in [0.1, 0.15) is 11.6 Å². The molecule has 1 aliphatic rings. The molecular weight excluding hydrogens is 494 g/mol. The molecule has 3 aromatic rings. The van der Waals surface area contributed by atoms with E-state index >= 15 is 0 Å². The van der Waals surface area contributed by atoms with Gasteiger partial charge in [-0.25, -0.2) is 19.2 Å². The Morgan fingerprint density at radius 2 is 1.74 bits per heavy atom. The second-order valence-electron chi connectivity index (χ2n) is 7.52. The number of pyridine rings is 2. The fourth-order valence-corrected chi connectivity index (χ4v) is 3.14. The molecule has 2 aromatic heterocycles. The van der Waals surface area contributed by atoms with Crippen molar-refractivity contribution in [1.29, 1.82) is 0 Å². The number of nitrogens with one attached hydrogen (secondary N) is 3. The van der Waals surface area contributed by atoms with Crippen LogP contribution in [0.15, 0.2) is 48.8 Å². The number of halogens is 5. The molecule has 0 spiro atoms. The lowest BCUT2D eigenvalue weighted by atomic mass is 10.2. The van der Waals surface area contributed by atoms with Crippen LogP contribution in [-0.4, -0.2) is 21.9 Å². The summed E-state index contributed by atoms with van der Waals surface area (Å²) in [5.41, 5.74) is -1.36. The number of hydrogen-bond acceptors (Lipinski definition) is 5. The van der Waals surface area contributed by atoms with Crippen LogP contribution in [0.4, 0.5) is 39.5 Å². The molecule has 2 heterocycles. The number of alkyl halides is 3. The van der Waals surface area contributed by atoms with Crippen LogP contribution in [0, 0.1) is 11.7 Å². The number of ether oxygens (including phenoxy) is 1. The van der Waals surface area contributed by atoms with Gasteiger partial charge in [0, 0.05) is 29.9 Å². The summed E-state index contributed by atoms with van der Waals surface area (Å²) in [5.74, 6) is -1.10. The zero-order chi connectivity index (χ0) is 25.2. The van der Waals surface area contributed by atoms with E-state index in [-0.39, 0.29) is 34.8 Å². The molecular formula is C22H16ClF4N5O3. The molecule has 1 aromatic carbocycles. The number of carbonyl (C=O) groups excluding carboxylic acids is 2. The van der Waals surface area contributed by atoms with Gasteiger partial charge in [-0.15, -0.1) is 0 Å². The zero-order valence-corrected chi connectivity index (χ0v) is 18.4. The van der Waals surface area contributed by atoms with E-state index < -0.39 is 34.5 Å². The first-order valence-corrected chi connectivity index (χ1v) is 10.5. The molecule has 1 saturated carbocycles. The number of aromatic nitrogens is 2. The average Bonchev–Trinajstić information content (AvgIpc) is 3.62. The molecule has 4 rings (SSSR count). The first-order valence-electron chi connectivity index (χ1n) is 10.1. The smallest absolute Gasteiger partial charge is 0.417 e. The Kier molecular flexibility index (Phi) is 6.74. The minimum absolute atomic E-state index is 0.0240. The number of nitrogens with zero attached hydrogens (tertiary/aromatic N) is 2. The Hall–Kier alpha value is -3.93. The highest BCUT2D eigenvalue weighted by molar-refractivity contribution is 6.31. The molecule has 1 fully saturated rings. The summed E-state index contributed by atoms with van der Waals surface area (Å²) in [4.78, 5) is 31.8. The molecule has 35 heavy (non-hydrogen) atoms. The van der Waals surface area contributed by atoms with Crippen molar-refractivity contribution in [2.75, 3.05) is 16.0 Å². The highest BCUT2D eigenvalue weighted by atomic mass is 35.5. The van der Waals surface area contributed by atoms with Gasteiger partial charge in [0.25, 0.3) is 5.88 Å². The predicted octanol–water partition coefficient (Wildman–Crippen LogP) is 6.07. The van der Waals surface area contributed by atoms with Crippen molar-refractivity contribution in [2.24, 2.45) is 5.92 Å². The van der Waals surface area contributed by atoms with Crippen LogP contribution in [0.5, 0.6) is 11.6 Å². The van der Waals surface area contributed by atoms with Gasteiger partial charge in [0.05, 0.1) is 22.5 Å². The standard InChI is InChI=1S/C22H16ClF4N5O3/c23-16-4-3-12(7-15(16)22(25,26)27)30-21(34)31-13-8-17(24)20(29-10-13)35-14-5-6-28-18(9-14)32-19(33)11-1-2-11/h3-11H,1-2H2,(H,28,32,33)(H2,30,31,34). The van der Waals surface area contributed by atoms with Crippen molar-refractivity contribution >= 4 is 40.7 Å². The summed E-state index contributed by atoms with van der Waals surface area (Å²) in [6.45, 7) is 0. The molecule has 0 radical (unpaired) electrons. The molecule has 0 saturated heterocycles. The predicted molar refractivity (Wildman–Crippen MR) is 119 cm³/mol. The Morgan fingerprint density at radius 1 is 1.00 bits per heavy atom. The van der Waals surface area contributed by atoms with E-state index in [9.17, 15) is 27.2 Å². The van der Waals surface area contributed by atoms with E-state index in [0.717, 1.165) is 31.2 Å². The van der Waals surface area contributed by atoms with Gasteiger partial charge in [-0.3, -0.25) is 4.79 Å². The van der Waals surface area contributed by atoms with Crippen molar-refractivity contribution in [3.05, 3.63) is 65.2 Å². The largest absolute Gasteiger partial charge is 0.436 e. The summed E-state index contributed by atoms with van der Waals surface area (Å²) in [7, 11) is 0. The van der Waals surface area contributed by atoms with Crippen LogP contribution < -0.4 is 20.7 Å². The topological polar surface area (TPSA) is 105 Å². The van der Waals surface area contributed by atoms with E-state index in [1.807, 2.05) is 0 Å². The minimum Gasteiger partial charge on any atom is -0.436 e. The summed E-state index contributed by atoms with van der Waals surface area (Å²) in [6, 6.07) is 5.69. The Balaban J connectivity index is 1.39. The zero-order valence-electron chi connectivity index (χ0n) is 17.6. The number of amides is 3. The van der Waals surface area contributed by atoms with Crippen molar-refractivity contribution in [2.45, 2.75) is 19.0 Å². The van der Waals surface area contributed by atoms with Gasteiger partial charge >= 0.3 is 12.2 Å². The number of benzene rings is 1. The van der Waals surface area contributed by atoms with Gasteiger partial charge in [-0.2, -0.15) is 13.2 Å². The molecule has 13 heteroatoms. The monoisotopic (exact) mass is 509 g/mol. The lowest BCUT2D eigenvalue weighted by Gasteiger charge is -2.13. The van der Waals surface area contributed by atoms with Gasteiger partial charge in [-0.05, 0) is 37.1 Å². The summed E-state index contributed by atoms with van der Waals surface area (Å²) in [5, 5.41) is 6.59. The minimum atomic E-state index is -4.70. The van der Waals surface area contributed by atoms with Crippen LogP contribution in [-0.2, 0) is 11.0 Å². The second-order valence-corrected chi connectivity index (χ2v) is 7.93. The number of carbonyl (C=O) groups is 2. The Labute approximate surface area is 200 Å². The van der Waals surface area contributed by atoms with Crippen LogP contribution in [0.2, 0.25) is 5.02 Å². The third-order valence-electron chi connectivity index (χ3n) is 4.74. The SMILES string of the molecule is O=C(Nc1cnc(Oc2ccnc(NC(=O)C3CC3)c2)c(F)c1)Nc1ccc(Cl)c(C(F)(F)F)c1. The maximum atomic E-state index is 14.5. The molecule has 3 N–H and O–H groups in total. The first-order chi connectivity index (χ1) is 16.6. The Bertz CT molecular complexity index is 1280. The molecule has 0 aliphatic heterocycles. The number of hydrogen-bond donors (Lipinski definition) is 3. The highest BCUT2D eigenvalue weighted by Gasteiger charge is 2.33. The second kappa shape index (κ2) is 9.74. The fraction of sp³-hybridized carbons (Fsp3) is 0.182. The summed E-state index contributed by atoms with van der Waals surface area (Å²) >= 11 is 5.55. The molecule has 3 amide bonds. The third kappa shape index (κ3) is 6.35. The quantitative estimate of drug-likeness (QED) is 0.350. The normalized spacial score (nSPS) is 13.2. The number of anilines is 3. The van der Waals surface area contributed by atoms with E-state index in [0.29, 0.717) is 6.07 Å².